The van der Waals surface area contributed by atoms with Crippen LogP contribution in [0.3, 0.4) is 0 Å². The summed E-state index contributed by atoms with van der Waals surface area (Å²) in [6.45, 7) is 0.528. The lowest BCUT2D eigenvalue weighted by Crippen LogP contribution is -2.06. The number of benzene rings is 2. The Hall–Kier alpha value is -3.01. The van der Waals surface area contributed by atoms with Gasteiger partial charge in [0.1, 0.15) is 17.9 Å². The normalized spacial score (nSPS) is 11.1. The molecule has 0 atom stereocenters. The van der Waals surface area contributed by atoms with Gasteiger partial charge in [0.25, 0.3) is 5.56 Å². The fourth-order valence-electron chi connectivity index (χ4n) is 2.64. The van der Waals surface area contributed by atoms with Gasteiger partial charge in [-0.3, -0.25) is 4.79 Å². The fraction of sp³-hybridized carbons (Fsp3) is 0.0556. The summed E-state index contributed by atoms with van der Waals surface area (Å²) in [5, 5.41) is 0.988. The Kier molecular flexibility index (Phi) is 2.93. The van der Waals surface area contributed by atoms with Crippen LogP contribution in [0.1, 0.15) is 5.56 Å². The van der Waals surface area contributed by atoms with Crippen LogP contribution >= 0.6 is 0 Å². The summed E-state index contributed by atoms with van der Waals surface area (Å²) >= 11 is 0. The molecule has 0 bridgehead atoms. The first-order valence-electron chi connectivity index (χ1n) is 7.10. The molecule has 4 heteroatoms. The predicted octanol–water partition coefficient (Wildman–Crippen LogP) is 3.36. The third-order valence-corrected chi connectivity index (χ3v) is 3.73. The minimum Gasteiger partial charge on any atom is -0.489 e. The molecule has 0 aliphatic rings. The van der Waals surface area contributed by atoms with Gasteiger partial charge in [0, 0.05) is 17.8 Å². The van der Waals surface area contributed by atoms with Crippen LogP contribution < -0.4 is 10.3 Å². The van der Waals surface area contributed by atoms with Crippen LogP contribution in [-0.4, -0.2) is 9.38 Å². The van der Waals surface area contributed by atoms with Gasteiger partial charge in [0.05, 0.1) is 5.52 Å². The van der Waals surface area contributed by atoms with Crippen LogP contribution in [0.25, 0.3) is 16.4 Å². The van der Waals surface area contributed by atoms with Gasteiger partial charge in [-0.15, -0.1) is 0 Å². The van der Waals surface area contributed by atoms with E-state index in [1.54, 1.807) is 6.20 Å². The van der Waals surface area contributed by atoms with Crippen molar-refractivity contribution in [1.82, 2.24) is 9.38 Å². The van der Waals surface area contributed by atoms with Gasteiger partial charge in [0.2, 0.25) is 0 Å². The molecular formula is C18H14N2O2. The molecule has 0 saturated carbocycles. The fourth-order valence-corrected chi connectivity index (χ4v) is 2.64. The van der Waals surface area contributed by atoms with E-state index in [0.29, 0.717) is 12.1 Å². The standard InChI is InChI=1S/C18H14N2O2/c21-18-17-11-14-10-15(22-12-13-4-2-1-3-5-13)6-7-16(14)20(17)9-8-19-18/h1-11H,12H2,(H,19,21). The predicted molar refractivity (Wildman–Crippen MR) is 86.3 cm³/mol. The second-order valence-electron chi connectivity index (χ2n) is 5.18. The zero-order chi connectivity index (χ0) is 14.9. The van der Waals surface area contributed by atoms with Gasteiger partial charge in [-0.25, -0.2) is 0 Å². The number of fused-ring (bicyclic) bond motifs is 3. The summed E-state index contributed by atoms with van der Waals surface area (Å²) in [6, 6.07) is 17.8. The topological polar surface area (TPSA) is 46.5 Å². The van der Waals surface area contributed by atoms with E-state index in [4.69, 9.17) is 4.74 Å². The summed E-state index contributed by atoms with van der Waals surface area (Å²) in [7, 11) is 0. The van der Waals surface area contributed by atoms with Crippen molar-refractivity contribution in [3.63, 3.8) is 0 Å². The number of nitrogens with one attached hydrogen (secondary N) is 1. The SMILES string of the molecule is O=c1[nH]ccn2c1cc1cc(OCc3ccccc3)ccc12. The number of nitrogens with zero attached hydrogens (tertiary/aromatic N) is 1. The Morgan fingerprint density at radius 3 is 2.73 bits per heavy atom. The first-order valence-corrected chi connectivity index (χ1v) is 7.10. The number of rotatable bonds is 3. The lowest BCUT2D eigenvalue weighted by molar-refractivity contribution is 0.306. The van der Waals surface area contributed by atoms with Gasteiger partial charge in [-0.1, -0.05) is 30.3 Å². The Labute approximate surface area is 126 Å². The van der Waals surface area contributed by atoms with Crippen molar-refractivity contribution in [3.8, 4) is 5.75 Å². The Balaban J connectivity index is 1.70. The Morgan fingerprint density at radius 2 is 1.86 bits per heavy atom. The lowest BCUT2D eigenvalue weighted by atomic mass is 10.2. The molecule has 2 aromatic carbocycles. The molecule has 0 radical (unpaired) electrons. The second kappa shape index (κ2) is 5.07. The first kappa shape index (κ1) is 12.7. The molecule has 0 spiro atoms. The number of aromatic amines is 1. The monoisotopic (exact) mass is 290 g/mol. The lowest BCUT2D eigenvalue weighted by Gasteiger charge is -2.06. The van der Waals surface area contributed by atoms with Gasteiger partial charge in [0.15, 0.2) is 0 Å². The molecule has 0 aliphatic carbocycles. The summed E-state index contributed by atoms with van der Waals surface area (Å²) in [5.41, 5.74) is 2.66. The summed E-state index contributed by atoms with van der Waals surface area (Å²) in [5.74, 6) is 0.795. The maximum atomic E-state index is 11.8. The highest BCUT2D eigenvalue weighted by molar-refractivity contribution is 5.87. The maximum Gasteiger partial charge on any atom is 0.272 e. The summed E-state index contributed by atoms with van der Waals surface area (Å²) in [6.07, 6.45) is 3.50. The third kappa shape index (κ3) is 2.15. The van der Waals surface area contributed by atoms with E-state index in [1.807, 2.05) is 65.2 Å². The molecule has 4 nitrogen and oxygen atoms in total. The van der Waals surface area contributed by atoms with Crippen LogP contribution in [0.15, 0.2) is 71.8 Å². The van der Waals surface area contributed by atoms with E-state index in [-0.39, 0.29) is 5.56 Å². The van der Waals surface area contributed by atoms with Crippen molar-refractivity contribution in [2.45, 2.75) is 6.61 Å². The largest absolute Gasteiger partial charge is 0.489 e. The van der Waals surface area contributed by atoms with Crippen molar-refractivity contribution >= 4 is 16.4 Å². The van der Waals surface area contributed by atoms with Gasteiger partial charge in [-0.05, 0) is 29.8 Å². The van der Waals surface area contributed by atoms with Gasteiger partial charge in [-0.2, -0.15) is 0 Å². The molecule has 1 N–H and O–H groups in total. The van der Waals surface area contributed by atoms with Gasteiger partial charge < -0.3 is 14.1 Å². The van der Waals surface area contributed by atoms with E-state index in [0.717, 1.165) is 22.2 Å². The number of H-pyrrole nitrogens is 1. The zero-order valence-electron chi connectivity index (χ0n) is 11.8. The molecule has 22 heavy (non-hydrogen) atoms. The highest BCUT2D eigenvalue weighted by atomic mass is 16.5. The minimum absolute atomic E-state index is 0.0922. The Morgan fingerprint density at radius 1 is 1.00 bits per heavy atom. The third-order valence-electron chi connectivity index (χ3n) is 3.73. The van der Waals surface area contributed by atoms with Crippen molar-refractivity contribution in [2.24, 2.45) is 0 Å². The van der Waals surface area contributed by atoms with Crippen molar-refractivity contribution in [2.75, 3.05) is 0 Å². The minimum atomic E-state index is -0.0922. The highest BCUT2D eigenvalue weighted by Crippen LogP contribution is 2.24. The van der Waals surface area contributed by atoms with E-state index in [1.165, 1.54) is 0 Å². The van der Waals surface area contributed by atoms with Gasteiger partial charge >= 0.3 is 0 Å². The summed E-state index contributed by atoms with van der Waals surface area (Å²) in [4.78, 5) is 14.5. The maximum absolute atomic E-state index is 11.8. The quantitative estimate of drug-likeness (QED) is 0.629. The second-order valence-corrected chi connectivity index (χ2v) is 5.18. The Bertz CT molecular complexity index is 1000. The van der Waals surface area contributed by atoms with Crippen molar-refractivity contribution in [1.29, 1.82) is 0 Å². The van der Waals surface area contributed by atoms with E-state index >= 15 is 0 Å². The zero-order valence-corrected chi connectivity index (χ0v) is 11.8. The van der Waals surface area contributed by atoms with Crippen molar-refractivity contribution < 1.29 is 4.74 Å². The number of hydrogen-bond donors (Lipinski definition) is 1. The molecule has 0 unspecified atom stereocenters. The smallest absolute Gasteiger partial charge is 0.272 e. The molecular weight excluding hydrogens is 276 g/mol. The highest BCUT2D eigenvalue weighted by Gasteiger charge is 2.06. The van der Waals surface area contributed by atoms with Crippen LogP contribution in [0.4, 0.5) is 0 Å². The van der Waals surface area contributed by atoms with E-state index in [9.17, 15) is 4.79 Å². The molecule has 4 aromatic rings. The first-order chi connectivity index (χ1) is 10.8. The summed E-state index contributed by atoms with van der Waals surface area (Å²) < 4.78 is 7.72. The van der Waals surface area contributed by atoms with E-state index in [2.05, 4.69) is 4.98 Å². The molecule has 0 amide bonds. The average Bonchev–Trinajstić information content (AvgIpc) is 2.93. The molecule has 0 aliphatic heterocycles. The molecule has 0 saturated heterocycles. The number of ether oxygens (including phenoxy) is 1. The molecule has 2 aromatic heterocycles. The molecule has 108 valence electrons. The van der Waals surface area contributed by atoms with Crippen LogP contribution in [0.5, 0.6) is 5.75 Å². The average molecular weight is 290 g/mol. The van der Waals surface area contributed by atoms with Crippen LogP contribution in [0.2, 0.25) is 0 Å². The molecule has 4 rings (SSSR count). The van der Waals surface area contributed by atoms with Crippen molar-refractivity contribution in [3.05, 3.63) is 82.9 Å². The van der Waals surface area contributed by atoms with Crippen LogP contribution in [0, 0.1) is 0 Å². The van der Waals surface area contributed by atoms with Crippen LogP contribution in [-0.2, 0) is 6.61 Å². The number of hydrogen-bond acceptors (Lipinski definition) is 2. The van der Waals surface area contributed by atoms with E-state index < -0.39 is 0 Å². The molecule has 0 fully saturated rings. The molecule has 2 heterocycles. The number of aromatic nitrogens is 2.